The molecule has 0 saturated heterocycles. The normalized spacial score (nSPS) is 22.1. The van der Waals surface area contributed by atoms with Gasteiger partial charge in [-0.15, -0.1) is 0 Å². The number of aromatic carboxylic acids is 1. The molecule has 1 aromatic carbocycles. The van der Waals surface area contributed by atoms with E-state index in [0.29, 0.717) is 18.4 Å². The molecule has 1 saturated carbocycles. The molecule has 0 aliphatic heterocycles. The van der Waals surface area contributed by atoms with E-state index in [2.05, 4.69) is 5.32 Å². The molecule has 1 aliphatic rings. The highest BCUT2D eigenvalue weighted by molar-refractivity contribution is 5.96. The first-order chi connectivity index (χ1) is 10.3. The molecule has 1 aromatic rings. The third kappa shape index (κ3) is 3.99. The molecule has 120 valence electrons. The summed E-state index contributed by atoms with van der Waals surface area (Å²) in [6, 6.07) is 5.14. The maximum absolute atomic E-state index is 12.6. The van der Waals surface area contributed by atoms with E-state index in [4.69, 9.17) is 5.11 Å². The largest absolute Gasteiger partial charge is 0.478 e. The molecule has 1 amide bonds. The van der Waals surface area contributed by atoms with Crippen molar-refractivity contribution in [2.45, 2.75) is 37.9 Å². The Balaban J connectivity index is 1.89. The summed E-state index contributed by atoms with van der Waals surface area (Å²) in [5, 5.41) is 11.5. The van der Waals surface area contributed by atoms with Gasteiger partial charge in [0.25, 0.3) is 5.91 Å². The lowest BCUT2D eigenvalue weighted by Crippen LogP contribution is -2.40. The Morgan fingerprint density at radius 2 is 1.50 bits per heavy atom. The maximum Gasteiger partial charge on any atom is 0.391 e. The highest BCUT2D eigenvalue weighted by Gasteiger charge is 2.41. The molecular weight excluding hydrogens is 299 g/mol. The minimum absolute atomic E-state index is 0.0202. The molecule has 2 rings (SSSR count). The number of nitrogens with one attached hydrogen (secondary N) is 1. The van der Waals surface area contributed by atoms with Crippen molar-refractivity contribution in [3.8, 4) is 0 Å². The SMILES string of the molecule is O=C(O)c1ccc(C(=O)NC2CCC(C(F)(F)F)CC2)cc1. The van der Waals surface area contributed by atoms with Gasteiger partial charge >= 0.3 is 12.1 Å². The number of alkyl halides is 3. The Morgan fingerprint density at radius 1 is 1.00 bits per heavy atom. The van der Waals surface area contributed by atoms with Crippen molar-refractivity contribution in [2.75, 3.05) is 0 Å². The van der Waals surface area contributed by atoms with Gasteiger partial charge in [-0.2, -0.15) is 13.2 Å². The second-order valence-corrected chi connectivity index (χ2v) is 5.45. The number of halogens is 3. The quantitative estimate of drug-likeness (QED) is 0.900. The van der Waals surface area contributed by atoms with Gasteiger partial charge in [0.15, 0.2) is 0 Å². The van der Waals surface area contributed by atoms with Crippen LogP contribution in [0.2, 0.25) is 0 Å². The van der Waals surface area contributed by atoms with E-state index in [0.717, 1.165) is 0 Å². The van der Waals surface area contributed by atoms with Crippen molar-refractivity contribution < 1.29 is 27.9 Å². The topological polar surface area (TPSA) is 66.4 Å². The summed E-state index contributed by atoms with van der Waals surface area (Å²) in [6.45, 7) is 0. The summed E-state index contributed by atoms with van der Waals surface area (Å²) in [4.78, 5) is 22.7. The minimum Gasteiger partial charge on any atom is -0.478 e. The van der Waals surface area contributed by atoms with E-state index in [1.807, 2.05) is 0 Å². The fraction of sp³-hybridized carbons (Fsp3) is 0.467. The average molecular weight is 315 g/mol. The van der Waals surface area contributed by atoms with Crippen molar-refractivity contribution >= 4 is 11.9 Å². The number of rotatable bonds is 3. The Labute approximate surface area is 125 Å². The first-order valence-electron chi connectivity index (χ1n) is 6.98. The van der Waals surface area contributed by atoms with E-state index in [1.165, 1.54) is 24.3 Å². The standard InChI is InChI=1S/C15H16F3NO3/c16-15(17,18)11-5-7-12(8-6-11)19-13(20)9-1-3-10(4-2-9)14(21)22/h1-4,11-12H,5-8H2,(H,19,20)(H,21,22). The molecule has 0 spiro atoms. The first-order valence-corrected chi connectivity index (χ1v) is 6.98. The second kappa shape index (κ2) is 6.37. The number of carboxylic acids is 1. The number of amides is 1. The van der Waals surface area contributed by atoms with Gasteiger partial charge in [-0.05, 0) is 49.9 Å². The molecule has 22 heavy (non-hydrogen) atoms. The van der Waals surface area contributed by atoms with Crippen LogP contribution in [0.3, 0.4) is 0 Å². The van der Waals surface area contributed by atoms with Crippen molar-refractivity contribution in [2.24, 2.45) is 5.92 Å². The van der Waals surface area contributed by atoms with E-state index in [1.54, 1.807) is 0 Å². The van der Waals surface area contributed by atoms with Crippen molar-refractivity contribution in [1.82, 2.24) is 5.32 Å². The zero-order chi connectivity index (χ0) is 16.3. The van der Waals surface area contributed by atoms with Gasteiger partial charge in [-0.25, -0.2) is 4.79 Å². The van der Waals surface area contributed by atoms with Crippen LogP contribution in [0.15, 0.2) is 24.3 Å². The van der Waals surface area contributed by atoms with Gasteiger partial charge in [0.1, 0.15) is 0 Å². The zero-order valence-electron chi connectivity index (χ0n) is 11.7. The third-order valence-electron chi connectivity index (χ3n) is 3.92. The number of carbonyl (C=O) groups excluding carboxylic acids is 1. The molecular formula is C15H16F3NO3. The van der Waals surface area contributed by atoms with Gasteiger partial charge in [0.2, 0.25) is 0 Å². The lowest BCUT2D eigenvalue weighted by molar-refractivity contribution is -0.182. The van der Waals surface area contributed by atoms with Crippen LogP contribution >= 0.6 is 0 Å². The lowest BCUT2D eigenvalue weighted by Gasteiger charge is -2.30. The Morgan fingerprint density at radius 3 is 1.95 bits per heavy atom. The van der Waals surface area contributed by atoms with Crippen molar-refractivity contribution in [1.29, 1.82) is 0 Å². The van der Waals surface area contributed by atoms with E-state index >= 15 is 0 Å². The van der Waals surface area contributed by atoms with Crippen LogP contribution in [0.25, 0.3) is 0 Å². The van der Waals surface area contributed by atoms with Gasteiger partial charge in [-0.1, -0.05) is 0 Å². The molecule has 0 radical (unpaired) electrons. The molecule has 0 unspecified atom stereocenters. The summed E-state index contributed by atoms with van der Waals surface area (Å²) in [7, 11) is 0. The molecule has 1 fully saturated rings. The average Bonchev–Trinajstić information content (AvgIpc) is 2.47. The molecule has 0 atom stereocenters. The molecule has 4 nitrogen and oxygen atoms in total. The Bertz CT molecular complexity index is 546. The third-order valence-corrected chi connectivity index (χ3v) is 3.92. The van der Waals surface area contributed by atoms with Crippen LogP contribution in [0.1, 0.15) is 46.4 Å². The number of carbonyl (C=O) groups is 2. The molecule has 1 aliphatic carbocycles. The van der Waals surface area contributed by atoms with Gasteiger partial charge in [-0.3, -0.25) is 4.79 Å². The maximum atomic E-state index is 12.6. The van der Waals surface area contributed by atoms with Gasteiger partial charge in [0, 0.05) is 11.6 Å². The van der Waals surface area contributed by atoms with Crippen molar-refractivity contribution in [3.05, 3.63) is 35.4 Å². The van der Waals surface area contributed by atoms with Crippen LogP contribution in [0, 0.1) is 5.92 Å². The molecule has 2 N–H and O–H groups in total. The number of hydrogen-bond donors (Lipinski definition) is 2. The lowest BCUT2D eigenvalue weighted by atomic mass is 9.85. The Kier molecular flexibility index (Phi) is 4.73. The molecule has 7 heteroatoms. The molecule has 0 heterocycles. The predicted octanol–water partition coefficient (Wildman–Crippen LogP) is 3.24. The van der Waals surface area contributed by atoms with Crippen LogP contribution in [0.5, 0.6) is 0 Å². The number of benzene rings is 1. The molecule has 0 aromatic heterocycles. The number of carboxylic acid groups (broad SMARTS) is 1. The highest BCUT2D eigenvalue weighted by Crippen LogP contribution is 2.37. The first kappa shape index (κ1) is 16.3. The number of hydrogen-bond acceptors (Lipinski definition) is 2. The van der Waals surface area contributed by atoms with Crippen LogP contribution in [0.4, 0.5) is 13.2 Å². The van der Waals surface area contributed by atoms with Crippen LogP contribution in [-0.4, -0.2) is 29.2 Å². The smallest absolute Gasteiger partial charge is 0.391 e. The second-order valence-electron chi connectivity index (χ2n) is 5.45. The summed E-state index contributed by atoms with van der Waals surface area (Å²) >= 11 is 0. The zero-order valence-corrected chi connectivity index (χ0v) is 11.7. The van der Waals surface area contributed by atoms with Crippen molar-refractivity contribution in [3.63, 3.8) is 0 Å². The van der Waals surface area contributed by atoms with Gasteiger partial charge in [0.05, 0.1) is 11.5 Å². The van der Waals surface area contributed by atoms with E-state index in [9.17, 15) is 22.8 Å². The fourth-order valence-corrected chi connectivity index (χ4v) is 2.60. The summed E-state index contributed by atoms with van der Waals surface area (Å²) < 4.78 is 37.7. The fourth-order valence-electron chi connectivity index (χ4n) is 2.60. The summed E-state index contributed by atoms with van der Waals surface area (Å²) in [5.41, 5.74) is 0.366. The Hall–Kier alpha value is -2.05. The summed E-state index contributed by atoms with van der Waals surface area (Å²) in [5.74, 6) is -2.76. The monoisotopic (exact) mass is 315 g/mol. The van der Waals surface area contributed by atoms with Gasteiger partial charge < -0.3 is 10.4 Å². The molecule has 0 bridgehead atoms. The van der Waals surface area contributed by atoms with E-state index in [-0.39, 0.29) is 24.4 Å². The predicted molar refractivity (Wildman–Crippen MR) is 72.7 cm³/mol. The van der Waals surface area contributed by atoms with Crippen LogP contribution in [-0.2, 0) is 0 Å². The van der Waals surface area contributed by atoms with Crippen LogP contribution < -0.4 is 5.32 Å². The minimum atomic E-state index is -4.17. The summed E-state index contributed by atoms with van der Waals surface area (Å²) in [6.07, 6.45) is -3.54. The van der Waals surface area contributed by atoms with E-state index < -0.39 is 24.0 Å². The highest BCUT2D eigenvalue weighted by atomic mass is 19.4.